The third kappa shape index (κ3) is 2.17. The minimum absolute atomic E-state index is 0.125. The zero-order valence-electron chi connectivity index (χ0n) is 13.3. The molecule has 1 aromatic carbocycles. The predicted octanol–water partition coefficient (Wildman–Crippen LogP) is 1.60. The van der Waals surface area contributed by atoms with Crippen molar-refractivity contribution in [2.45, 2.75) is 43.9 Å². The van der Waals surface area contributed by atoms with E-state index in [4.69, 9.17) is 19.7 Å². The molecule has 6 heteroatoms. The van der Waals surface area contributed by atoms with Crippen molar-refractivity contribution in [1.29, 1.82) is 0 Å². The summed E-state index contributed by atoms with van der Waals surface area (Å²) in [6, 6.07) is 0. The summed E-state index contributed by atoms with van der Waals surface area (Å²) >= 11 is 0. The zero-order valence-corrected chi connectivity index (χ0v) is 13.3. The Morgan fingerprint density at radius 3 is 1.71 bits per heavy atom. The third-order valence-corrected chi connectivity index (χ3v) is 5.42. The largest absolute Gasteiger partial charge is 0.424 e. The fourth-order valence-corrected chi connectivity index (χ4v) is 4.45. The number of aliphatic hydroxyl groups excluding tert-OH is 2. The van der Waals surface area contributed by atoms with E-state index < -0.39 is 0 Å². The molecular formula is C18H20O6. The van der Waals surface area contributed by atoms with Gasteiger partial charge in [-0.05, 0) is 53.4 Å². The molecule has 24 heavy (non-hydrogen) atoms. The third-order valence-electron chi connectivity index (χ3n) is 5.42. The maximum Gasteiger partial charge on any atom is 0.341 e. The Morgan fingerprint density at radius 1 is 0.833 bits per heavy atom. The van der Waals surface area contributed by atoms with Crippen LogP contribution in [0, 0.1) is 0 Å². The smallest absolute Gasteiger partial charge is 0.341 e. The summed E-state index contributed by atoms with van der Waals surface area (Å²) in [5, 5.41) is 15.2. The van der Waals surface area contributed by atoms with Crippen molar-refractivity contribution in [3.63, 3.8) is 0 Å². The van der Waals surface area contributed by atoms with Crippen LogP contribution in [0.5, 0.6) is 0 Å². The second-order valence-electron chi connectivity index (χ2n) is 6.64. The fraction of sp³-hybridized carbons (Fsp3) is 0.556. The number of hydrogen-bond donors (Lipinski definition) is 2. The Balaban J connectivity index is 0.000000332. The van der Waals surface area contributed by atoms with Gasteiger partial charge in [-0.2, -0.15) is 0 Å². The minimum atomic E-state index is -0.305. The molecule has 2 unspecified atom stereocenters. The lowest BCUT2D eigenvalue weighted by molar-refractivity contribution is -0.0163. The molecular weight excluding hydrogens is 312 g/mol. The van der Waals surface area contributed by atoms with Crippen LogP contribution in [-0.2, 0) is 15.9 Å². The van der Waals surface area contributed by atoms with Gasteiger partial charge in [0.05, 0.1) is 24.3 Å². The summed E-state index contributed by atoms with van der Waals surface area (Å²) in [7, 11) is 0. The summed E-state index contributed by atoms with van der Waals surface area (Å²) in [5.41, 5.74) is 5.83. The highest BCUT2D eigenvalue weighted by Crippen LogP contribution is 2.60. The normalized spacial score (nSPS) is 25.2. The van der Waals surface area contributed by atoms with Crippen LogP contribution < -0.4 is 0 Å². The average molecular weight is 332 g/mol. The first kappa shape index (κ1) is 15.6. The number of hydrogen-bond acceptors (Lipinski definition) is 6. The molecule has 128 valence electrons. The quantitative estimate of drug-likeness (QED) is 0.771. The van der Waals surface area contributed by atoms with E-state index in [1.54, 1.807) is 0 Å². The first-order valence-corrected chi connectivity index (χ1v) is 8.46. The maximum atomic E-state index is 12.3. The standard InChI is InChI=1S/C16H14O4.C2H6O2/c17-15-13-9-5-10(9)14(16(18)20-6-19-15)12-8-4-2-1-3-7(8)11(12)13;3-1-2-4/h7-8H,1-6H2;3-4H,1-2H2. The minimum Gasteiger partial charge on any atom is -0.424 e. The molecule has 0 aromatic heterocycles. The number of benzene rings is 1. The fourth-order valence-electron chi connectivity index (χ4n) is 4.45. The summed E-state index contributed by atoms with van der Waals surface area (Å²) in [6.07, 6.45) is 5.44. The lowest BCUT2D eigenvalue weighted by Gasteiger charge is -2.44. The number of aliphatic hydroxyl groups is 2. The molecule has 1 saturated carbocycles. The van der Waals surface area contributed by atoms with Gasteiger partial charge in [0.15, 0.2) is 0 Å². The topological polar surface area (TPSA) is 93.1 Å². The van der Waals surface area contributed by atoms with E-state index >= 15 is 0 Å². The molecule has 0 radical (unpaired) electrons. The molecule has 1 heterocycles. The van der Waals surface area contributed by atoms with Gasteiger partial charge in [0.1, 0.15) is 0 Å². The Hall–Kier alpha value is -1.92. The van der Waals surface area contributed by atoms with Crippen LogP contribution in [0.25, 0.3) is 0 Å². The van der Waals surface area contributed by atoms with E-state index in [9.17, 15) is 9.59 Å². The van der Waals surface area contributed by atoms with Gasteiger partial charge in [0, 0.05) is 0 Å². The summed E-state index contributed by atoms with van der Waals surface area (Å²) in [4.78, 5) is 24.5. The van der Waals surface area contributed by atoms with E-state index in [1.165, 1.54) is 12.8 Å². The van der Waals surface area contributed by atoms with Crippen molar-refractivity contribution >= 4 is 11.9 Å². The van der Waals surface area contributed by atoms with Crippen LogP contribution in [0.2, 0.25) is 0 Å². The average Bonchev–Trinajstić information content (AvgIpc) is 3.37. The van der Waals surface area contributed by atoms with Crippen LogP contribution >= 0.6 is 0 Å². The molecule has 0 spiro atoms. The van der Waals surface area contributed by atoms with Gasteiger partial charge < -0.3 is 19.7 Å². The number of rotatable bonds is 1. The van der Waals surface area contributed by atoms with Gasteiger partial charge in [0.25, 0.3) is 0 Å². The molecule has 0 saturated heterocycles. The highest BCUT2D eigenvalue weighted by atomic mass is 16.7. The van der Waals surface area contributed by atoms with E-state index in [0.717, 1.165) is 52.6 Å². The highest BCUT2D eigenvalue weighted by molar-refractivity contribution is 6.04. The first-order valence-electron chi connectivity index (χ1n) is 8.46. The number of carbonyl (C=O) groups is 2. The lowest BCUT2D eigenvalue weighted by atomic mass is 9.59. The summed E-state index contributed by atoms with van der Waals surface area (Å²) < 4.78 is 10.2. The van der Waals surface area contributed by atoms with Gasteiger partial charge >= 0.3 is 11.9 Å². The second kappa shape index (κ2) is 5.86. The summed E-state index contributed by atoms with van der Waals surface area (Å²) in [6.45, 7) is -0.513. The van der Waals surface area contributed by atoms with Crippen LogP contribution in [0.1, 0.15) is 80.5 Å². The van der Waals surface area contributed by atoms with Crippen molar-refractivity contribution in [2.24, 2.45) is 0 Å². The van der Waals surface area contributed by atoms with Gasteiger partial charge in [-0.3, -0.25) is 0 Å². The van der Waals surface area contributed by atoms with Gasteiger partial charge in [-0.15, -0.1) is 0 Å². The molecule has 1 fully saturated rings. The number of esters is 2. The lowest BCUT2D eigenvalue weighted by Crippen LogP contribution is -2.32. The Bertz CT molecular complexity index is 664. The highest BCUT2D eigenvalue weighted by Gasteiger charge is 2.50. The molecule has 4 aliphatic rings. The van der Waals surface area contributed by atoms with Crippen molar-refractivity contribution in [1.82, 2.24) is 0 Å². The number of ether oxygens (including phenoxy) is 2. The molecule has 0 amide bonds. The molecule has 5 rings (SSSR count). The molecule has 2 atom stereocenters. The van der Waals surface area contributed by atoms with Gasteiger partial charge in [-0.1, -0.05) is 12.8 Å². The van der Waals surface area contributed by atoms with Crippen molar-refractivity contribution in [3.05, 3.63) is 33.4 Å². The Morgan fingerprint density at radius 2 is 1.29 bits per heavy atom. The first-order chi connectivity index (χ1) is 11.7. The zero-order chi connectivity index (χ0) is 16.8. The van der Waals surface area contributed by atoms with Crippen molar-refractivity contribution in [2.75, 3.05) is 20.0 Å². The molecule has 2 bridgehead atoms. The summed E-state index contributed by atoms with van der Waals surface area (Å²) in [5.74, 6) is 0.300. The Labute approximate surface area is 139 Å². The molecule has 1 aliphatic heterocycles. The molecule has 1 aromatic rings. The maximum absolute atomic E-state index is 12.3. The van der Waals surface area contributed by atoms with Crippen molar-refractivity contribution < 1.29 is 29.3 Å². The molecule has 2 N–H and O–H groups in total. The monoisotopic (exact) mass is 332 g/mol. The number of carbonyl (C=O) groups excluding carboxylic acids is 2. The SMILES string of the molecule is O=C1OCOC(=O)c2c3c(c1c1c2C2CCCCC12)C3.OCCO. The van der Waals surface area contributed by atoms with Crippen LogP contribution in [0.4, 0.5) is 0 Å². The van der Waals surface area contributed by atoms with Crippen LogP contribution in [0.3, 0.4) is 0 Å². The number of cyclic esters (lactones) is 2. The van der Waals surface area contributed by atoms with Gasteiger partial charge in [-0.25, -0.2) is 9.59 Å². The van der Waals surface area contributed by atoms with Gasteiger partial charge in [0.2, 0.25) is 6.79 Å². The molecule has 6 nitrogen and oxygen atoms in total. The van der Waals surface area contributed by atoms with E-state index in [2.05, 4.69) is 0 Å². The van der Waals surface area contributed by atoms with E-state index in [1.807, 2.05) is 0 Å². The Kier molecular flexibility index (Phi) is 3.81. The van der Waals surface area contributed by atoms with E-state index in [-0.39, 0.29) is 31.9 Å². The number of fused-ring (bicyclic) bond motifs is 6. The molecule has 3 aliphatic carbocycles. The second-order valence-corrected chi connectivity index (χ2v) is 6.64. The van der Waals surface area contributed by atoms with Crippen molar-refractivity contribution in [3.8, 4) is 0 Å². The van der Waals surface area contributed by atoms with E-state index in [0.29, 0.717) is 11.8 Å². The predicted molar refractivity (Wildman–Crippen MR) is 83.1 cm³/mol. The van der Waals surface area contributed by atoms with Crippen LogP contribution in [0.15, 0.2) is 0 Å². The van der Waals surface area contributed by atoms with Crippen LogP contribution in [-0.4, -0.2) is 42.2 Å².